The number of hydrogen-bond donors (Lipinski definition) is 0. The summed E-state index contributed by atoms with van der Waals surface area (Å²) < 4.78 is 20.8. The van der Waals surface area contributed by atoms with Crippen LogP contribution >= 0.6 is 0 Å². The number of halogens is 1. The van der Waals surface area contributed by atoms with Gasteiger partial charge in [0.15, 0.2) is 0 Å². The molecule has 0 spiro atoms. The first-order valence-electron chi connectivity index (χ1n) is 9.53. The minimum absolute atomic E-state index is 0.0150. The van der Waals surface area contributed by atoms with Crippen LogP contribution in [0, 0.1) is 0 Å². The van der Waals surface area contributed by atoms with Crippen LogP contribution in [0.3, 0.4) is 0 Å². The zero-order valence-electron chi connectivity index (χ0n) is 15.2. The normalized spacial score (nSPS) is 23.1. The monoisotopic (exact) mass is 370 g/mol. The highest BCUT2D eigenvalue weighted by atomic mass is 19.1. The Morgan fingerprint density at radius 2 is 2.11 bits per heavy atom. The second-order valence-corrected chi connectivity index (χ2v) is 7.33. The van der Waals surface area contributed by atoms with Crippen LogP contribution in [-0.2, 0) is 10.5 Å². The Balaban J connectivity index is 1.47. The van der Waals surface area contributed by atoms with Gasteiger partial charge >= 0.3 is 0 Å². The van der Waals surface area contributed by atoms with Crippen molar-refractivity contribution in [3.8, 4) is 11.4 Å². The van der Waals surface area contributed by atoms with Gasteiger partial charge < -0.3 is 9.42 Å². The van der Waals surface area contributed by atoms with E-state index in [9.17, 15) is 4.79 Å². The molecule has 1 unspecified atom stereocenters. The van der Waals surface area contributed by atoms with Crippen molar-refractivity contribution in [2.75, 3.05) is 13.1 Å². The SMILES string of the molecule is O=C(CC1=CCCCC1)N1CCCC(F)(c2nc(-c3ccncc3)no2)C1. The third kappa shape index (κ3) is 3.91. The summed E-state index contributed by atoms with van der Waals surface area (Å²) in [6.45, 7) is 0.542. The van der Waals surface area contributed by atoms with Crippen molar-refractivity contribution in [1.82, 2.24) is 20.0 Å². The summed E-state index contributed by atoms with van der Waals surface area (Å²) in [5, 5.41) is 3.90. The number of piperidine rings is 1. The Kier molecular flexibility index (Phi) is 5.01. The molecule has 3 heterocycles. The van der Waals surface area contributed by atoms with Crippen LogP contribution in [0.2, 0.25) is 0 Å². The summed E-state index contributed by atoms with van der Waals surface area (Å²) in [5.41, 5.74) is 0.100. The van der Waals surface area contributed by atoms with Gasteiger partial charge in [-0.2, -0.15) is 4.98 Å². The number of alkyl halides is 1. The van der Waals surface area contributed by atoms with Gasteiger partial charge in [-0.1, -0.05) is 16.8 Å². The number of aromatic nitrogens is 3. The number of carbonyl (C=O) groups is 1. The fourth-order valence-corrected chi connectivity index (χ4v) is 3.79. The summed E-state index contributed by atoms with van der Waals surface area (Å²) in [7, 11) is 0. The molecule has 0 N–H and O–H groups in total. The van der Waals surface area contributed by atoms with Crippen LogP contribution in [0.4, 0.5) is 4.39 Å². The second kappa shape index (κ2) is 7.58. The van der Waals surface area contributed by atoms with Gasteiger partial charge in [-0.25, -0.2) is 4.39 Å². The molecule has 1 atom stereocenters. The van der Waals surface area contributed by atoms with Crippen LogP contribution in [0.1, 0.15) is 50.8 Å². The largest absolute Gasteiger partial charge is 0.339 e. The van der Waals surface area contributed by atoms with Crippen LogP contribution in [0.5, 0.6) is 0 Å². The maximum atomic E-state index is 15.6. The maximum Gasteiger partial charge on any atom is 0.266 e. The fraction of sp³-hybridized carbons (Fsp3) is 0.500. The third-order valence-electron chi connectivity index (χ3n) is 5.31. The standard InChI is InChI=1S/C20H23FN4O2/c21-20(19-23-18(24-27-19)16-7-10-22-11-8-16)9-4-12-25(14-20)17(26)13-15-5-2-1-3-6-15/h5,7-8,10-11H,1-4,6,9,12-14H2. The first-order chi connectivity index (χ1) is 13.1. The summed E-state index contributed by atoms with van der Waals surface area (Å²) >= 11 is 0. The zero-order valence-corrected chi connectivity index (χ0v) is 15.2. The number of carbonyl (C=O) groups excluding carboxylic acids is 1. The number of nitrogens with zero attached hydrogens (tertiary/aromatic N) is 4. The molecule has 2 aromatic rings. The molecule has 142 valence electrons. The first kappa shape index (κ1) is 17.8. The second-order valence-electron chi connectivity index (χ2n) is 7.33. The van der Waals surface area contributed by atoms with E-state index in [1.807, 2.05) is 0 Å². The fourth-order valence-electron chi connectivity index (χ4n) is 3.79. The Morgan fingerprint density at radius 1 is 1.26 bits per heavy atom. The van der Waals surface area contributed by atoms with Crippen molar-refractivity contribution in [1.29, 1.82) is 0 Å². The van der Waals surface area contributed by atoms with E-state index in [0.29, 0.717) is 25.2 Å². The first-order valence-corrected chi connectivity index (χ1v) is 9.53. The van der Waals surface area contributed by atoms with Gasteiger partial charge in [0.2, 0.25) is 17.4 Å². The molecular weight excluding hydrogens is 347 g/mol. The van der Waals surface area contributed by atoms with E-state index < -0.39 is 5.67 Å². The van der Waals surface area contributed by atoms with Crippen molar-refractivity contribution >= 4 is 5.91 Å². The van der Waals surface area contributed by atoms with E-state index in [1.54, 1.807) is 29.4 Å². The van der Waals surface area contributed by atoms with Gasteiger partial charge in [0.05, 0.1) is 6.54 Å². The number of allylic oxidation sites excluding steroid dienone is 1. The molecular formula is C20H23FN4O2. The Hall–Kier alpha value is -2.57. The minimum Gasteiger partial charge on any atom is -0.339 e. The average molecular weight is 370 g/mol. The lowest BCUT2D eigenvalue weighted by Crippen LogP contribution is -2.46. The molecule has 0 saturated carbocycles. The highest BCUT2D eigenvalue weighted by molar-refractivity contribution is 5.79. The Morgan fingerprint density at radius 3 is 2.89 bits per heavy atom. The molecule has 1 amide bonds. The molecule has 0 aromatic carbocycles. The van der Waals surface area contributed by atoms with E-state index in [-0.39, 0.29) is 24.8 Å². The van der Waals surface area contributed by atoms with Gasteiger partial charge in [0, 0.05) is 30.9 Å². The molecule has 0 radical (unpaired) electrons. The van der Waals surface area contributed by atoms with E-state index in [2.05, 4.69) is 21.2 Å². The van der Waals surface area contributed by atoms with Crippen molar-refractivity contribution in [2.24, 2.45) is 0 Å². The zero-order chi connectivity index (χ0) is 18.7. The number of likely N-dealkylation sites (tertiary alicyclic amines) is 1. The van der Waals surface area contributed by atoms with Crippen molar-refractivity contribution in [3.05, 3.63) is 42.1 Å². The van der Waals surface area contributed by atoms with E-state index in [1.165, 1.54) is 12.0 Å². The molecule has 1 saturated heterocycles. The van der Waals surface area contributed by atoms with E-state index in [0.717, 1.165) is 24.8 Å². The van der Waals surface area contributed by atoms with Crippen molar-refractivity contribution < 1.29 is 13.7 Å². The lowest BCUT2D eigenvalue weighted by atomic mass is 9.93. The molecule has 27 heavy (non-hydrogen) atoms. The number of hydrogen-bond acceptors (Lipinski definition) is 5. The molecule has 6 nitrogen and oxygen atoms in total. The predicted octanol–water partition coefficient (Wildman–Crippen LogP) is 3.81. The average Bonchev–Trinajstić information content (AvgIpc) is 3.21. The van der Waals surface area contributed by atoms with Gasteiger partial charge in [-0.3, -0.25) is 9.78 Å². The molecule has 1 fully saturated rings. The summed E-state index contributed by atoms with van der Waals surface area (Å²) in [6.07, 6.45) is 11.0. The van der Waals surface area contributed by atoms with Crippen LogP contribution < -0.4 is 0 Å². The summed E-state index contributed by atoms with van der Waals surface area (Å²) in [4.78, 5) is 22.5. The molecule has 4 rings (SSSR count). The van der Waals surface area contributed by atoms with Crippen LogP contribution in [-0.4, -0.2) is 39.0 Å². The summed E-state index contributed by atoms with van der Waals surface area (Å²) in [5.74, 6) is 0.266. The third-order valence-corrected chi connectivity index (χ3v) is 5.31. The van der Waals surface area contributed by atoms with Crippen LogP contribution in [0.15, 0.2) is 40.7 Å². The highest BCUT2D eigenvalue weighted by Crippen LogP contribution is 2.36. The smallest absolute Gasteiger partial charge is 0.266 e. The Bertz CT molecular complexity index is 836. The molecule has 0 bridgehead atoms. The van der Waals surface area contributed by atoms with E-state index in [4.69, 9.17) is 4.52 Å². The van der Waals surface area contributed by atoms with E-state index >= 15 is 4.39 Å². The van der Waals surface area contributed by atoms with Crippen molar-refractivity contribution in [2.45, 2.75) is 50.6 Å². The lowest BCUT2D eigenvalue weighted by molar-refractivity contribution is -0.135. The molecule has 2 aromatic heterocycles. The molecule has 7 heteroatoms. The quantitative estimate of drug-likeness (QED) is 0.765. The van der Waals surface area contributed by atoms with Gasteiger partial charge in [0.1, 0.15) is 0 Å². The van der Waals surface area contributed by atoms with Gasteiger partial charge in [-0.05, 0) is 50.7 Å². The van der Waals surface area contributed by atoms with Crippen LogP contribution in [0.25, 0.3) is 11.4 Å². The minimum atomic E-state index is -1.80. The van der Waals surface area contributed by atoms with Gasteiger partial charge in [0.25, 0.3) is 5.89 Å². The molecule has 1 aliphatic carbocycles. The number of pyridine rings is 1. The highest BCUT2D eigenvalue weighted by Gasteiger charge is 2.43. The maximum absolute atomic E-state index is 15.6. The molecule has 2 aliphatic rings. The Labute approximate surface area is 157 Å². The number of amides is 1. The number of rotatable bonds is 4. The predicted molar refractivity (Wildman–Crippen MR) is 97.3 cm³/mol. The summed E-state index contributed by atoms with van der Waals surface area (Å²) in [6, 6.07) is 3.49. The molecule has 1 aliphatic heterocycles. The van der Waals surface area contributed by atoms with Crippen molar-refractivity contribution in [3.63, 3.8) is 0 Å². The lowest BCUT2D eigenvalue weighted by Gasteiger charge is -2.35. The topological polar surface area (TPSA) is 72.1 Å². The van der Waals surface area contributed by atoms with Gasteiger partial charge in [-0.15, -0.1) is 0 Å².